The van der Waals surface area contributed by atoms with Crippen molar-refractivity contribution in [1.82, 2.24) is 4.98 Å². The first-order valence-electron chi connectivity index (χ1n) is 9.06. The van der Waals surface area contributed by atoms with Crippen molar-refractivity contribution in [2.75, 3.05) is 0 Å². The fourth-order valence-electron chi connectivity index (χ4n) is 2.83. The predicted molar refractivity (Wildman–Crippen MR) is 109 cm³/mol. The Hall–Kier alpha value is -2.87. The molecule has 1 aromatic heterocycles. The van der Waals surface area contributed by atoms with Crippen LogP contribution in [0.25, 0.3) is 22.4 Å². The Kier molecular flexibility index (Phi) is 5.64. The largest absolute Gasteiger partial charge is 0.534 e. The van der Waals surface area contributed by atoms with Crippen LogP contribution >= 0.6 is 0 Å². The third kappa shape index (κ3) is 4.64. The second kappa shape index (κ2) is 7.75. The molecule has 0 unspecified atom stereocenters. The van der Waals surface area contributed by atoms with Gasteiger partial charge in [-0.2, -0.15) is 21.6 Å². The van der Waals surface area contributed by atoms with Gasteiger partial charge >= 0.3 is 15.6 Å². The van der Waals surface area contributed by atoms with Crippen molar-refractivity contribution in [3.05, 3.63) is 72.4 Å². The second-order valence-corrected chi connectivity index (χ2v) is 9.28. The van der Waals surface area contributed by atoms with E-state index in [2.05, 4.69) is 29.9 Å². The number of aromatic nitrogens is 1. The average Bonchev–Trinajstić information content (AvgIpc) is 2.67. The van der Waals surface area contributed by atoms with Crippen molar-refractivity contribution >= 4 is 10.1 Å². The van der Waals surface area contributed by atoms with Gasteiger partial charge in [-0.15, -0.1) is 0 Å². The summed E-state index contributed by atoms with van der Waals surface area (Å²) in [5.41, 5.74) is -2.65. The highest BCUT2D eigenvalue weighted by Crippen LogP contribution is 2.37. The maximum absolute atomic E-state index is 12.8. The van der Waals surface area contributed by atoms with Gasteiger partial charge in [0.15, 0.2) is 5.75 Å². The Morgan fingerprint density at radius 1 is 0.867 bits per heavy atom. The van der Waals surface area contributed by atoms with Crippen molar-refractivity contribution in [2.24, 2.45) is 0 Å². The number of pyridine rings is 1. The standard InChI is InChI=1S/C22H20F3NO3S/c1-21(2,3)17-11-12-26-19(14-17)16-9-10-20(29-30(27,28)22(23,24)25)18(13-16)15-7-5-4-6-8-15/h4-14H,1-3H3. The smallest absolute Gasteiger partial charge is 0.375 e. The zero-order valence-corrected chi connectivity index (χ0v) is 17.4. The van der Waals surface area contributed by atoms with E-state index in [0.717, 1.165) is 5.56 Å². The number of nitrogens with zero attached hydrogens (tertiary/aromatic N) is 1. The fraction of sp³-hybridized carbons (Fsp3) is 0.227. The van der Waals surface area contributed by atoms with E-state index >= 15 is 0 Å². The fourth-order valence-corrected chi connectivity index (χ4v) is 3.30. The molecule has 158 valence electrons. The Morgan fingerprint density at radius 2 is 1.53 bits per heavy atom. The highest BCUT2D eigenvalue weighted by Gasteiger charge is 2.48. The number of hydrogen-bond acceptors (Lipinski definition) is 4. The maximum Gasteiger partial charge on any atom is 0.534 e. The summed E-state index contributed by atoms with van der Waals surface area (Å²) in [6.07, 6.45) is 1.66. The molecule has 8 heteroatoms. The normalized spacial score (nSPS) is 12.6. The lowest BCUT2D eigenvalue weighted by Gasteiger charge is -2.19. The van der Waals surface area contributed by atoms with Crippen LogP contribution in [-0.4, -0.2) is 18.9 Å². The number of hydrogen-bond donors (Lipinski definition) is 0. The van der Waals surface area contributed by atoms with E-state index in [1.54, 1.807) is 42.6 Å². The summed E-state index contributed by atoms with van der Waals surface area (Å²) in [4.78, 5) is 4.36. The van der Waals surface area contributed by atoms with E-state index in [0.29, 0.717) is 16.8 Å². The van der Waals surface area contributed by atoms with E-state index in [4.69, 9.17) is 0 Å². The molecule has 30 heavy (non-hydrogen) atoms. The van der Waals surface area contributed by atoms with Crippen LogP contribution in [0.2, 0.25) is 0 Å². The van der Waals surface area contributed by atoms with Crippen molar-refractivity contribution in [1.29, 1.82) is 0 Å². The molecule has 0 aliphatic carbocycles. The van der Waals surface area contributed by atoms with Crippen LogP contribution in [0.5, 0.6) is 5.75 Å². The SMILES string of the molecule is CC(C)(C)c1ccnc(-c2ccc(OS(=O)(=O)C(F)(F)F)c(-c3ccccc3)c2)c1. The molecule has 2 aromatic carbocycles. The van der Waals surface area contributed by atoms with Gasteiger partial charge in [-0.3, -0.25) is 4.98 Å². The van der Waals surface area contributed by atoms with Crippen molar-refractivity contribution in [3.8, 4) is 28.1 Å². The van der Waals surface area contributed by atoms with Crippen LogP contribution in [-0.2, 0) is 15.5 Å². The third-order valence-corrected chi connectivity index (χ3v) is 5.43. The van der Waals surface area contributed by atoms with Crippen molar-refractivity contribution < 1.29 is 25.8 Å². The minimum absolute atomic E-state index is 0.121. The van der Waals surface area contributed by atoms with Gasteiger partial charge < -0.3 is 4.18 Å². The van der Waals surface area contributed by atoms with E-state index in [-0.39, 0.29) is 11.0 Å². The monoisotopic (exact) mass is 435 g/mol. The van der Waals surface area contributed by atoms with Gasteiger partial charge in [0.2, 0.25) is 0 Å². The molecule has 0 saturated heterocycles. The minimum atomic E-state index is -5.80. The highest BCUT2D eigenvalue weighted by atomic mass is 32.2. The van der Waals surface area contributed by atoms with Gasteiger partial charge in [-0.05, 0) is 46.9 Å². The van der Waals surface area contributed by atoms with E-state index < -0.39 is 21.4 Å². The number of halogens is 3. The number of alkyl halides is 3. The molecule has 0 bridgehead atoms. The lowest BCUT2D eigenvalue weighted by atomic mass is 9.87. The number of benzene rings is 2. The molecule has 0 fully saturated rings. The first kappa shape index (κ1) is 21.8. The van der Waals surface area contributed by atoms with Gasteiger partial charge in [-0.1, -0.05) is 51.1 Å². The van der Waals surface area contributed by atoms with Crippen LogP contribution in [0.1, 0.15) is 26.3 Å². The van der Waals surface area contributed by atoms with Gasteiger partial charge in [-0.25, -0.2) is 0 Å². The van der Waals surface area contributed by atoms with Crippen molar-refractivity contribution in [3.63, 3.8) is 0 Å². The van der Waals surface area contributed by atoms with Crippen LogP contribution in [0.3, 0.4) is 0 Å². The van der Waals surface area contributed by atoms with E-state index in [1.165, 1.54) is 12.1 Å². The molecular weight excluding hydrogens is 415 g/mol. The minimum Gasteiger partial charge on any atom is -0.375 e. The summed E-state index contributed by atoms with van der Waals surface area (Å²) >= 11 is 0. The Labute approximate surface area is 173 Å². The quantitative estimate of drug-likeness (QED) is 0.376. The van der Waals surface area contributed by atoms with E-state index in [9.17, 15) is 21.6 Å². The molecule has 0 spiro atoms. The number of rotatable bonds is 4. The van der Waals surface area contributed by atoms with Gasteiger partial charge in [0.25, 0.3) is 0 Å². The second-order valence-electron chi connectivity index (χ2n) is 7.74. The Bertz CT molecular complexity index is 1150. The highest BCUT2D eigenvalue weighted by molar-refractivity contribution is 7.88. The molecule has 0 aliphatic rings. The van der Waals surface area contributed by atoms with E-state index in [1.807, 2.05) is 12.1 Å². The molecule has 0 N–H and O–H groups in total. The summed E-state index contributed by atoms with van der Waals surface area (Å²) in [7, 11) is -5.80. The van der Waals surface area contributed by atoms with Gasteiger partial charge in [0.05, 0.1) is 5.69 Å². The lowest BCUT2D eigenvalue weighted by Crippen LogP contribution is -2.28. The van der Waals surface area contributed by atoms with Crippen LogP contribution < -0.4 is 4.18 Å². The summed E-state index contributed by atoms with van der Waals surface area (Å²) < 4.78 is 66.1. The molecule has 0 atom stereocenters. The van der Waals surface area contributed by atoms with Crippen molar-refractivity contribution in [2.45, 2.75) is 31.7 Å². The van der Waals surface area contributed by atoms with Crippen LogP contribution in [0.15, 0.2) is 66.9 Å². The zero-order valence-electron chi connectivity index (χ0n) is 16.6. The lowest BCUT2D eigenvalue weighted by molar-refractivity contribution is -0.0499. The van der Waals surface area contributed by atoms with Gasteiger partial charge in [0.1, 0.15) is 0 Å². The predicted octanol–water partition coefficient (Wildman–Crippen LogP) is 5.94. The molecule has 3 aromatic rings. The van der Waals surface area contributed by atoms with Gasteiger partial charge in [0, 0.05) is 17.3 Å². The molecule has 0 amide bonds. The molecule has 1 heterocycles. The molecule has 0 radical (unpaired) electrons. The summed E-state index contributed by atoms with van der Waals surface area (Å²) in [5.74, 6) is -0.408. The summed E-state index contributed by atoms with van der Waals surface area (Å²) in [5, 5.41) is 0. The summed E-state index contributed by atoms with van der Waals surface area (Å²) in [6.45, 7) is 6.17. The zero-order chi connectivity index (χ0) is 22.2. The average molecular weight is 435 g/mol. The molecule has 3 rings (SSSR count). The molecular formula is C22H20F3NO3S. The molecule has 0 aliphatic heterocycles. The van der Waals surface area contributed by atoms with Crippen LogP contribution in [0, 0.1) is 0 Å². The van der Waals surface area contributed by atoms with Crippen LogP contribution in [0.4, 0.5) is 13.2 Å². The first-order valence-corrected chi connectivity index (χ1v) is 10.5. The topological polar surface area (TPSA) is 56.3 Å². The third-order valence-electron chi connectivity index (χ3n) is 4.47. The molecule has 4 nitrogen and oxygen atoms in total. The first-order chi connectivity index (χ1) is 13.9. The molecule has 0 saturated carbocycles. The summed E-state index contributed by atoms with van der Waals surface area (Å²) in [6, 6.07) is 16.5. The Morgan fingerprint density at radius 3 is 2.13 bits per heavy atom. The Balaban J connectivity index is 2.14. The maximum atomic E-state index is 12.8.